The van der Waals surface area contributed by atoms with Crippen LogP contribution >= 0.6 is 34.9 Å². The molecule has 1 amide bonds. The normalized spacial score (nSPS) is 13.2. The Bertz CT molecular complexity index is 1270. The molecule has 162 valence electrons. The zero-order valence-electron chi connectivity index (χ0n) is 17.8. The van der Waals surface area contributed by atoms with Crippen molar-refractivity contribution >= 4 is 56.7 Å². The molecule has 0 unspecified atom stereocenters. The number of nitrogens with zero attached hydrogens (tertiary/aromatic N) is 2. The zero-order valence-corrected chi connectivity index (χ0v) is 20.2. The molecule has 0 saturated heterocycles. The number of para-hydroxylation sites is 1. The highest BCUT2D eigenvalue weighted by Crippen LogP contribution is 2.40. The Labute approximate surface area is 200 Å². The molecule has 0 radical (unpaired) electrons. The van der Waals surface area contributed by atoms with Crippen LogP contribution in [0.5, 0.6) is 0 Å². The van der Waals surface area contributed by atoms with Crippen molar-refractivity contribution in [3.63, 3.8) is 0 Å². The highest BCUT2D eigenvalue weighted by atomic mass is 32.2. The highest BCUT2D eigenvalue weighted by molar-refractivity contribution is 8.00. The number of aromatic nitrogens is 2. The van der Waals surface area contributed by atoms with Gasteiger partial charge in [-0.05, 0) is 62.4 Å². The molecule has 0 aliphatic heterocycles. The van der Waals surface area contributed by atoms with Crippen LogP contribution in [-0.4, -0.2) is 21.6 Å². The maximum atomic E-state index is 12.9. The van der Waals surface area contributed by atoms with Gasteiger partial charge in [0.1, 0.15) is 15.7 Å². The third kappa shape index (κ3) is 4.70. The number of benzene rings is 2. The Morgan fingerprint density at radius 1 is 1.03 bits per heavy atom. The van der Waals surface area contributed by atoms with Crippen molar-refractivity contribution in [3.8, 4) is 0 Å². The molecular weight excluding hydrogens is 454 g/mol. The number of thioether (sulfide) groups is 1. The first-order valence-electron chi connectivity index (χ1n) is 10.7. The van der Waals surface area contributed by atoms with E-state index in [1.54, 1.807) is 23.1 Å². The van der Waals surface area contributed by atoms with Crippen LogP contribution in [0.15, 0.2) is 69.4 Å². The largest absolute Gasteiger partial charge is 0.324 e. The SMILES string of the molecule is Cc1nc(SCC(=O)Nc2ccccc2Sc2ccccc2)c2c3c(sc2n1)CCCC3. The molecular formula is C25H23N3OS3. The van der Waals surface area contributed by atoms with Crippen molar-refractivity contribution in [3.05, 3.63) is 70.9 Å². The van der Waals surface area contributed by atoms with Crippen LogP contribution in [-0.2, 0) is 17.6 Å². The van der Waals surface area contributed by atoms with Crippen LogP contribution in [0, 0.1) is 6.92 Å². The highest BCUT2D eigenvalue weighted by Gasteiger charge is 2.21. The van der Waals surface area contributed by atoms with Crippen LogP contribution in [0.4, 0.5) is 5.69 Å². The summed E-state index contributed by atoms with van der Waals surface area (Å²) in [5.41, 5.74) is 2.24. The first-order chi connectivity index (χ1) is 15.7. The van der Waals surface area contributed by atoms with Crippen LogP contribution in [0.3, 0.4) is 0 Å². The van der Waals surface area contributed by atoms with Crippen molar-refractivity contribution in [1.29, 1.82) is 0 Å². The number of fused-ring (bicyclic) bond motifs is 3. The molecule has 0 bridgehead atoms. The fourth-order valence-electron chi connectivity index (χ4n) is 3.92. The molecule has 32 heavy (non-hydrogen) atoms. The van der Waals surface area contributed by atoms with Gasteiger partial charge in [0.2, 0.25) is 5.91 Å². The number of anilines is 1. The second kappa shape index (κ2) is 9.65. The Balaban J connectivity index is 1.32. The van der Waals surface area contributed by atoms with E-state index < -0.39 is 0 Å². The van der Waals surface area contributed by atoms with Gasteiger partial charge in [-0.2, -0.15) is 0 Å². The fraction of sp³-hybridized carbons (Fsp3) is 0.240. The van der Waals surface area contributed by atoms with E-state index in [4.69, 9.17) is 4.98 Å². The summed E-state index contributed by atoms with van der Waals surface area (Å²) in [6.07, 6.45) is 4.69. The van der Waals surface area contributed by atoms with E-state index >= 15 is 0 Å². The van der Waals surface area contributed by atoms with Crippen molar-refractivity contribution in [2.45, 2.75) is 47.4 Å². The zero-order chi connectivity index (χ0) is 21.9. The van der Waals surface area contributed by atoms with E-state index in [0.717, 1.165) is 44.0 Å². The Hall–Kier alpha value is -2.35. The van der Waals surface area contributed by atoms with Gasteiger partial charge >= 0.3 is 0 Å². The molecule has 0 fully saturated rings. The number of amides is 1. The molecule has 2 heterocycles. The Morgan fingerprint density at radius 3 is 2.69 bits per heavy atom. The third-order valence-corrected chi connectivity index (χ3v) is 8.61. The molecule has 7 heteroatoms. The van der Waals surface area contributed by atoms with Crippen molar-refractivity contribution in [2.75, 3.05) is 11.1 Å². The summed E-state index contributed by atoms with van der Waals surface area (Å²) in [5, 5.41) is 5.21. The minimum atomic E-state index is -0.0235. The Kier molecular flexibility index (Phi) is 6.48. The number of carbonyl (C=O) groups is 1. The van der Waals surface area contributed by atoms with Gasteiger partial charge in [-0.25, -0.2) is 9.97 Å². The molecule has 0 atom stereocenters. The third-order valence-electron chi connectivity index (χ3n) is 5.37. The van der Waals surface area contributed by atoms with Gasteiger partial charge < -0.3 is 5.32 Å². The van der Waals surface area contributed by atoms with E-state index in [1.165, 1.54) is 40.4 Å². The van der Waals surface area contributed by atoms with E-state index in [-0.39, 0.29) is 5.91 Å². The second-order valence-corrected chi connectivity index (χ2v) is 10.9. The van der Waals surface area contributed by atoms with Gasteiger partial charge in [-0.3, -0.25) is 4.79 Å². The number of hydrogen-bond donors (Lipinski definition) is 1. The molecule has 5 rings (SSSR count). The Morgan fingerprint density at radius 2 is 1.81 bits per heavy atom. The van der Waals surface area contributed by atoms with Gasteiger partial charge in [0.05, 0.1) is 11.4 Å². The number of thiophene rings is 1. The predicted molar refractivity (Wildman–Crippen MR) is 135 cm³/mol. The molecule has 0 saturated carbocycles. The summed E-state index contributed by atoms with van der Waals surface area (Å²) in [6.45, 7) is 1.93. The lowest BCUT2D eigenvalue weighted by Crippen LogP contribution is -2.15. The number of rotatable bonds is 6. The van der Waals surface area contributed by atoms with E-state index in [1.807, 2.05) is 49.4 Å². The molecule has 2 aromatic heterocycles. The van der Waals surface area contributed by atoms with Gasteiger partial charge in [0.25, 0.3) is 0 Å². The first-order valence-corrected chi connectivity index (χ1v) is 13.3. The quantitative estimate of drug-likeness (QED) is 0.246. The number of carbonyl (C=O) groups excluding carboxylic acids is 1. The maximum absolute atomic E-state index is 12.9. The summed E-state index contributed by atoms with van der Waals surface area (Å²) in [4.78, 5) is 26.9. The smallest absolute Gasteiger partial charge is 0.234 e. The first kappa shape index (κ1) is 21.5. The predicted octanol–water partition coefficient (Wildman–Crippen LogP) is 6.76. The molecule has 4 nitrogen and oxygen atoms in total. The molecule has 1 aliphatic rings. The van der Waals surface area contributed by atoms with Gasteiger partial charge in [-0.1, -0.05) is 53.9 Å². The standard InChI is InChI=1S/C25H23N3OS3/c1-16-26-24(23-18-11-5-7-13-20(18)32-25(23)27-16)30-15-22(29)28-19-12-6-8-14-21(19)31-17-9-3-2-4-10-17/h2-4,6,8-10,12,14H,5,7,11,13,15H2,1H3,(H,28,29). The van der Waals surface area contributed by atoms with Crippen LogP contribution < -0.4 is 5.32 Å². The minimum absolute atomic E-state index is 0.0235. The maximum Gasteiger partial charge on any atom is 0.234 e. The van der Waals surface area contributed by atoms with Crippen LogP contribution in [0.25, 0.3) is 10.2 Å². The molecule has 4 aromatic rings. The number of nitrogens with one attached hydrogen (secondary N) is 1. The molecule has 0 spiro atoms. The molecule has 2 aromatic carbocycles. The van der Waals surface area contributed by atoms with Crippen molar-refractivity contribution < 1.29 is 4.79 Å². The second-order valence-electron chi connectivity index (χ2n) is 7.72. The van der Waals surface area contributed by atoms with Crippen molar-refractivity contribution in [2.24, 2.45) is 0 Å². The monoisotopic (exact) mass is 477 g/mol. The summed E-state index contributed by atoms with van der Waals surface area (Å²) >= 11 is 4.97. The number of aryl methyl sites for hydroxylation is 3. The topological polar surface area (TPSA) is 54.9 Å². The molecule has 1 N–H and O–H groups in total. The lowest BCUT2D eigenvalue weighted by Gasteiger charge is -2.12. The van der Waals surface area contributed by atoms with Gasteiger partial charge in [0, 0.05) is 20.1 Å². The van der Waals surface area contributed by atoms with Crippen LogP contribution in [0.2, 0.25) is 0 Å². The van der Waals surface area contributed by atoms with E-state index in [2.05, 4.69) is 22.4 Å². The average Bonchev–Trinajstić information content (AvgIpc) is 3.17. The summed E-state index contributed by atoms with van der Waals surface area (Å²) in [6, 6.07) is 18.1. The molecule has 1 aliphatic carbocycles. The van der Waals surface area contributed by atoms with Gasteiger partial charge in [0.15, 0.2) is 0 Å². The average molecular weight is 478 g/mol. The lowest BCUT2D eigenvalue weighted by molar-refractivity contribution is -0.113. The van der Waals surface area contributed by atoms with E-state index in [0.29, 0.717) is 5.75 Å². The van der Waals surface area contributed by atoms with Gasteiger partial charge in [-0.15, -0.1) is 11.3 Å². The number of hydrogen-bond acceptors (Lipinski definition) is 6. The lowest BCUT2D eigenvalue weighted by atomic mass is 9.97. The van der Waals surface area contributed by atoms with Crippen LogP contribution in [0.1, 0.15) is 29.1 Å². The summed E-state index contributed by atoms with van der Waals surface area (Å²) < 4.78 is 0. The summed E-state index contributed by atoms with van der Waals surface area (Å²) in [5.74, 6) is 1.06. The van der Waals surface area contributed by atoms with E-state index in [9.17, 15) is 4.79 Å². The van der Waals surface area contributed by atoms with Crippen molar-refractivity contribution in [1.82, 2.24) is 9.97 Å². The fourth-order valence-corrected chi connectivity index (χ4v) is 7.12. The minimum Gasteiger partial charge on any atom is -0.324 e. The summed E-state index contributed by atoms with van der Waals surface area (Å²) in [7, 11) is 0.